The number of hydroxylamine groups is 4. The number of hydrogen-bond acceptors (Lipinski definition) is 4. The third kappa shape index (κ3) is 1.75. The summed E-state index contributed by atoms with van der Waals surface area (Å²) >= 11 is 0. The number of rotatable bonds is 1. The van der Waals surface area contributed by atoms with Gasteiger partial charge in [0.25, 0.3) is 0 Å². The number of nitrogens with zero attached hydrogens (tertiary/aromatic N) is 2. The van der Waals surface area contributed by atoms with Crippen molar-refractivity contribution in [2.75, 3.05) is 0 Å². The Morgan fingerprint density at radius 2 is 1.56 bits per heavy atom. The van der Waals surface area contributed by atoms with E-state index in [1.807, 2.05) is 0 Å². The molecule has 2 aliphatic rings. The van der Waals surface area contributed by atoms with E-state index in [1.54, 1.807) is 18.2 Å². The number of benzene rings is 1. The van der Waals surface area contributed by atoms with Crippen LogP contribution in [0.15, 0.2) is 24.3 Å². The lowest BCUT2D eigenvalue weighted by Gasteiger charge is -2.27. The zero-order chi connectivity index (χ0) is 12.7. The Labute approximate surface area is 105 Å². The molecule has 4 nitrogen and oxygen atoms in total. The number of fused-ring (bicyclic) bond motifs is 1. The maximum Gasteiger partial charge on any atom is 0.139 e. The first-order chi connectivity index (χ1) is 8.70. The highest BCUT2D eigenvalue weighted by molar-refractivity contribution is 5.22. The van der Waals surface area contributed by atoms with Crippen LogP contribution >= 0.6 is 0 Å². The van der Waals surface area contributed by atoms with Crippen molar-refractivity contribution in [3.8, 4) is 0 Å². The van der Waals surface area contributed by atoms with Crippen molar-refractivity contribution >= 4 is 0 Å². The van der Waals surface area contributed by atoms with Gasteiger partial charge in [-0.15, -0.1) is 0 Å². The van der Waals surface area contributed by atoms with E-state index in [9.17, 15) is 14.8 Å². The zero-order valence-corrected chi connectivity index (χ0v) is 10.0. The van der Waals surface area contributed by atoms with Crippen LogP contribution in [-0.4, -0.2) is 32.6 Å². The summed E-state index contributed by atoms with van der Waals surface area (Å²) in [7, 11) is 0. The fourth-order valence-electron chi connectivity index (χ4n) is 3.16. The van der Waals surface area contributed by atoms with E-state index in [4.69, 9.17) is 0 Å². The molecule has 1 aromatic rings. The monoisotopic (exact) mass is 252 g/mol. The minimum absolute atomic E-state index is 0.103. The van der Waals surface area contributed by atoms with E-state index in [1.165, 1.54) is 6.07 Å². The highest BCUT2D eigenvalue weighted by Crippen LogP contribution is 2.41. The molecular weight excluding hydrogens is 235 g/mol. The summed E-state index contributed by atoms with van der Waals surface area (Å²) in [5.74, 6) is -0.403. The van der Waals surface area contributed by atoms with Gasteiger partial charge < -0.3 is 10.4 Å². The number of hydrogen-bond donors (Lipinski definition) is 2. The van der Waals surface area contributed by atoms with Crippen molar-refractivity contribution in [3.05, 3.63) is 35.6 Å². The van der Waals surface area contributed by atoms with Gasteiger partial charge >= 0.3 is 0 Å². The topological polar surface area (TPSA) is 46.9 Å². The van der Waals surface area contributed by atoms with E-state index < -0.39 is 12.0 Å². The summed E-state index contributed by atoms with van der Waals surface area (Å²) in [6.07, 6.45) is 2.96. The summed E-state index contributed by atoms with van der Waals surface area (Å²) in [6.45, 7) is 0. The molecule has 1 saturated heterocycles. The van der Waals surface area contributed by atoms with Crippen molar-refractivity contribution in [2.45, 2.75) is 43.9 Å². The molecule has 2 atom stereocenters. The second-order valence-electron chi connectivity index (χ2n) is 5.07. The van der Waals surface area contributed by atoms with E-state index >= 15 is 0 Å². The number of halogens is 1. The first kappa shape index (κ1) is 12.0. The predicted octanol–water partition coefficient (Wildman–Crippen LogP) is 2.53. The Morgan fingerprint density at radius 3 is 2.11 bits per heavy atom. The maximum absolute atomic E-state index is 13.8. The first-order valence-electron chi connectivity index (χ1n) is 6.39. The van der Waals surface area contributed by atoms with Crippen molar-refractivity contribution < 1.29 is 14.8 Å². The Hall–Kier alpha value is -1.01. The van der Waals surface area contributed by atoms with Crippen molar-refractivity contribution in [1.82, 2.24) is 10.1 Å². The van der Waals surface area contributed by atoms with Crippen LogP contribution in [0.3, 0.4) is 0 Å². The molecule has 1 aliphatic carbocycles. The molecule has 0 amide bonds. The molecule has 1 aromatic carbocycles. The SMILES string of the molecule is ON1C(c2ccccc2F)N(O)[C@H]2CCCC[C@@H]21. The summed E-state index contributed by atoms with van der Waals surface area (Å²) < 4.78 is 13.8. The van der Waals surface area contributed by atoms with Gasteiger partial charge in [-0.05, 0) is 18.9 Å². The molecule has 2 fully saturated rings. The summed E-state index contributed by atoms with van der Waals surface area (Å²) in [5, 5.41) is 22.6. The minimum atomic E-state index is -0.792. The van der Waals surface area contributed by atoms with Crippen LogP contribution < -0.4 is 0 Å². The van der Waals surface area contributed by atoms with Crippen molar-refractivity contribution in [3.63, 3.8) is 0 Å². The predicted molar refractivity (Wildman–Crippen MR) is 62.4 cm³/mol. The van der Waals surface area contributed by atoms with Crippen LogP contribution in [0.5, 0.6) is 0 Å². The van der Waals surface area contributed by atoms with E-state index in [2.05, 4.69) is 0 Å². The van der Waals surface area contributed by atoms with Gasteiger partial charge in [0.15, 0.2) is 0 Å². The highest BCUT2D eigenvalue weighted by atomic mass is 19.1. The summed E-state index contributed by atoms with van der Waals surface area (Å²) in [5.41, 5.74) is 0.317. The van der Waals surface area contributed by atoms with Gasteiger partial charge in [-0.2, -0.15) is 10.1 Å². The molecular formula is C13H17FN2O2. The zero-order valence-electron chi connectivity index (χ0n) is 10.0. The molecule has 1 saturated carbocycles. The van der Waals surface area contributed by atoms with E-state index in [0.717, 1.165) is 35.8 Å². The molecule has 0 radical (unpaired) electrons. The van der Waals surface area contributed by atoms with Crippen molar-refractivity contribution in [1.29, 1.82) is 0 Å². The van der Waals surface area contributed by atoms with Gasteiger partial charge in [-0.25, -0.2) is 4.39 Å². The third-order valence-electron chi connectivity index (χ3n) is 4.06. The Kier molecular flexibility index (Phi) is 3.07. The lowest BCUT2D eigenvalue weighted by molar-refractivity contribution is -0.212. The molecule has 0 aromatic heterocycles. The fraction of sp³-hybridized carbons (Fsp3) is 0.538. The lowest BCUT2D eigenvalue weighted by atomic mass is 9.91. The molecule has 0 unspecified atom stereocenters. The molecule has 1 aliphatic heterocycles. The van der Waals surface area contributed by atoms with Crippen LogP contribution in [-0.2, 0) is 0 Å². The molecule has 98 valence electrons. The summed E-state index contributed by atoms with van der Waals surface area (Å²) in [6, 6.07) is 6.05. The van der Waals surface area contributed by atoms with E-state index in [-0.39, 0.29) is 12.1 Å². The average molecular weight is 252 g/mol. The molecule has 5 heteroatoms. The second kappa shape index (κ2) is 4.59. The summed E-state index contributed by atoms with van der Waals surface area (Å²) in [4.78, 5) is 0. The van der Waals surface area contributed by atoms with Gasteiger partial charge in [-0.3, -0.25) is 0 Å². The minimum Gasteiger partial charge on any atom is -0.312 e. The largest absolute Gasteiger partial charge is 0.312 e. The van der Waals surface area contributed by atoms with Gasteiger partial charge in [0.05, 0.1) is 12.1 Å². The first-order valence-corrected chi connectivity index (χ1v) is 6.39. The quantitative estimate of drug-likeness (QED) is 0.806. The van der Waals surface area contributed by atoms with Gasteiger partial charge in [-0.1, -0.05) is 31.0 Å². The maximum atomic E-state index is 13.8. The molecule has 18 heavy (non-hydrogen) atoms. The Morgan fingerprint density at radius 1 is 1.00 bits per heavy atom. The van der Waals surface area contributed by atoms with Gasteiger partial charge in [0.1, 0.15) is 12.0 Å². The van der Waals surface area contributed by atoms with Gasteiger partial charge in [0, 0.05) is 5.56 Å². The normalized spacial score (nSPS) is 30.6. The highest BCUT2D eigenvalue weighted by Gasteiger charge is 2.48. The standard InChI is InChI=1S/C13H17FN2O2/c14-10-6-2-1-5-9(10)13-15(17)11-7-3-4-8-12(11)16(13)18/h1-2,5-6,11-13,17-18H,3-4,7-8H2/t11-,12-/m0/s1. The van der Waals surface area contributed by atoms with Crippen LogP contribution in [0.1, 0.15) is 37.4 Å². The van der Waals surface area contributed by atoms with Crippen LogP contribution in [0.4, 0.5) is 4.39 Å². The van der Waals surface area contributed by atoms with Crippen LogP contribution in [0, 0.1) is 5.82 Å². The molecule has 0 bridgehead atoms. The van der Waals surface area contributed by atoms with E-state index in [0.29, 0.717) is 5.56 Å². The average Bonchev–Trinajstić information content (AvgIpc) is 2.64. The molecule has 3 rings (SSSR count). The van der Waals surface area contributed by atoms with Crippen LogP contribution in [0.2, 0.25) is 0 Å². The Balaban J connectivity index is 1.95. The lowest BCUT2D eigenvalue weighted by Crippen LogP contribution is -2.37. The smallest absolute Gasteiger partial charge is 0.139 e. The van der Waals surface area contributed by atoms with Crippen LogP contribution in [0.25, 0.3) is 0 Å². The Bertz CT molecular complexity index is 425. The second-order valence-corrected chi connectivity index (χ2v) is 5.07. The fourth-order valence-corrected chi connectivity index (χ4v) is 3.16. The third-order valence-corrected chi connectivity index (χ3v) is 4.06. The molecule has 0 spiro atoms. The molecule has 1 heterocycles. The molecule has 2 N–H and O–H groups in total. The van der Waals surface area contributed by atoms with Crippen molar-refractivity contribution in [2.24, 2.45) is 0 Å². The van der Waals surface area contributed by atoms with Gasteiger partial charge in [0.2, 0.25) is 0 Å².